The van der Waals surface area contributed by atoms with Crippen molar-refractivity contribution in [3.8, 4) is 46.0 Å². The highest BCUT2D eigenvalue weighted by Gasteiger charge is 2.45. The van der Waals surface area contributed by atoms with E-state index in [4.69, 9.17) is 18.9 Å². The van der Waals surface area contributed by atoms with E-state index in [1.165, 1.54) is 24.3 Å². The van der Waals surface area contributed by atoms with Gasteiger partial charge >= 0.3 is 5.97 Å². The Morgan fingerprint density at radius 2 is 1.53 bits per heavy atom. The fourth-order valence-corrected chi connectivity index (χ4v) is 4.85. The Labute approximate surface area is 242 Å². The van der Waals surface area contributed by atoms with Crippen LogP contribution in [0.3, 0.4) is 0 Å². The minimum absolute atomic E-state index is 0.0409. The molecular formula is C28H28O15. The van der Waals surface area contributed by atoms with Gasteiger partial charge in [0.05, 0.1) is 12.2 Å². The Kier molecular flexibility index (Phi) is 8.00. The van der Waals surface area contributed by atoms with E-state index in [1.807, 2.05) is 0 Å². The third-order valence-corrected chi connectivity index (χ3v) is 7.13. The van der Waals surface area contributed by atoms with Crippen LogP contribution in [0.4, 0.5) is 0 Å². The molecule has 15 heteroatoms. The first kappa shape index (κ1) is 29.8. The molecule has 0 aromatic heterocycles. The number of aliphatic hydroxyl groups excluding tert-OH is 4. The highest BCUT2D eigenvalue weighted by Crippen LogP contribution is 2.45. The second-order valence-electron chi connectivity index (χ2n) is 10.0. The number of benzene rings is 3. The van der Waals surface area contributed by atoms with E-state index >= 15 is 0 Å². The van der Waals surface area contributed by atoms with Gasteiger partial charge in [-0.1, -0.05) is 6.07 Å². The van der Waals surface area contributed by atoms with Crippen LogP contribution >= 0.6 is 0 Å². The van der Waals surface area contributed by atoms with Gasteiger partial charge < -0.3 is 70.0 Å². The van der Waals surface area contributed by atoms with Crippen LogP contribution in [0.25, 0.3) is 0 Å². The number of aromatic hydroxyl groups is 6. The Balaban J connectivity index is 1.48. The topological polar surface area (TPSA) is 256 Å². The average molecular weight is 605 g/mol. The summed E-state index contributed by atoms with van der Waals surface area (Å²) in [5.41, 5.74) is 0.0597. The summed E-state index contributed by atoms with van der Waals surface area (Å²) >= 11 is 0. The van der Waals surface area contributed by atoms with Crippen LogP contribution in [0, 0.1) is 0 Å². The first-order valence-electron chi connectivity index (χ1n) is 12.9. The Bertz CT molecular complexity index is 1500. The summed E-state index contributed by atoms with van der Waals surface area (Å²) in [5.74, 6) is -4.84. The Morgan fingerprint density at radius 1 is 0.837 bits per heavy atom. The van der Waals surface area contributed by atoms with E-state index in [2.05, 4.69) is 0 Å². The third-order valence-electron chi connectivity index (χ3n) is 7.13. The average Bonchev–Trinajstić information content (AvgIpc) is 2.96. The molecular weight excluding hydrogens is 576 g/mol. The van der Waals surface area contributed by atoms with E-state index < -0.39 is 78.5 Å². The monoisotopic (exact) mass is 604 g/mol. The number of esters is 1. The van der Waals surface area contributed by atoms with Crippen molar-refractivity contribution in [2.45, 2.75) is 49.3 Å². The van der Waals surface area contributed by atoms with Crippen molar-refractivity contribution >= 4 is 5.97 Å². The van der Waals surface area contributed by atoms with Crippen molar-refractivity contribution < 1.29 is 74.8 Å². The van der Waals surface area contributed by atoms with Gasteiger partial charge in [0, 0.05) is 29.7 Å². The molecule has 3 aromatic carbocycles. The van der Waals surface area contributed by atoms with E-state index in [1.54, 1.807) is 0 Å². The van der Waals surface area contributed by atoms with Gasteiger partial charge in [0.1, 0.15) is 47.8 Å². The van der Waals surface area contributed by atoms with Crippen LogP contribution in [-0.4, -0.2) is 100 Å². The lowest BCUT2D eigenvalue weighted by Gasteiger charge is -2.39. The lowest BCUT2D eigenvalue weighted by Crippen LogP contribution is -2.60. The van der Waals surface area contributed by atoms with E-state index in [9.17, 15) is 55.9 Å². The number of fused-ring (bicyclic) bond motifs is 1. The summed E-state index contributed by atoms with van der Waals surface area (Å²) in [4.78, 5) is 13.0. The molecule has 3 aromatic rings. The van der Waals surface area contributed by atoms with Crippen LogP contribution in [0.15, 0.2) is 42.5 Å². The van der Waals surface area contributed by atoms with Gasteiger partial charge in [0.2, 0.25) is 6.29 Å². The molecule has 0 radical (unpaired) electrons. The molecule has 0 aliphatic carbocycles. The standard InChI is InChI=1S/C28H28O15/c29-9-21-23(36)24(37)25(38)28(43-21)42-19-5-10(1-2-14(19)31)26-20(8-13-15(32)6-12(30)7-18(13)40-26)41-27(39)11-3-16(33)22(35)17(34)4-11/h1-7,20-21,23-26,28-38H,8-9H2/t20?,21-,23-,24+,25-,26?,28+/m1/s1. The highest BCUT2D eigenvalue weighted by molar-refractivity contribution is 5.91. The van der Waals surface area contributed by atoms with Gasteiger partial charge in [-0.3, -0.25) is 0 Å². The van der Waals surface area contributed by atoms with Crippen molar-refractivity contribution in [3.05, 3.63) is 59.2 Å². The molecule has 0 spiro atoms. The van der Waals surface area contributed by atoms with Crippen molar-refractivity contribution in [2.75, 3.05) is 6.61 Å². The van der Waals surface area contributed by atoms with Crippen LogP contribution in [0.5, 0.6) is 46.0 Å². The molecule has 0 amide bonds. The largest absolute Gasteiger partial charge is 0.508 e. The highest BCUT2D eigenvalue weighted by atomic mass is 16.7. The zero-order chi connectivity index (χ0) is 31.2. The fourth-order valence-electron chi connectivity index (χ4n) is 4.85. The molecule has 15 nitrogen and oxygen atoms in total. The van der Waals surface area contributed by atoms with Gasteiger partial charge in [-0.2, -0.15) is 0 Å². The second kappa shape index (κ2) is 11.5. The molecule has 1 fully saturated rings. The van der Waals surface area contributed by atoms with Crippen LogP contribution in [-0.2, 0) is 15.9 Å². The number of carbonyl (C=O) groups is 1. The maximum atomic E-state index is 13.0. The van der Waals surface area contributed by atoms with Gasteiger partial charge in [-0.05, 0) is 24.3 Å². The first-order valence-corrected chi connectivity index (χ1v) is 12.9. The smallest absolute Gasteiger partial charge is 0.338 e. The van der Waals surface area contributed by atoms with Gasteiger partial charge in [0.15, 0.2) is 34.9 Å². The Hall–Kier alpha value is -4.67. The summed E-state index contributed by atoms with van der Waals surface area (Å²) < 4.78 is 22.6. The summed E-state index contributed by atoms with van der Waals surface area (Å²) in [6.07, 6.45) is -10.6. The van der Waals surface area contributed by atoms with E-state index in [0.29, 0.717) is 0 Å². The number of hydrogen-bond donors (Lipinski definition) is 10. The predicted octanol–water partition coefficient (Wildman–Crippen LogP) is 0.000700. The number of carbonyl (C=O) groups excluding carboxylic acids is 1. The molecule has 230 valence electrons. The van der Waals surface area contributed by atoms with Crippen LogP contribution < -0.4 is 9.47 Å². The molecule has 1 saturated heterocycles. The minimum Gasteiger partial charge on any atom is -0.508 e. The molecule has 5 rings (SSSR count). The molecule has 7 atom stereocenters. The third kappa shape index (κ3) is 5.71. The Morgan fingerprint density at radius 3 is 2.21 bits per heavy atom. The second-order valence-corrected chi connectivity index (χ2v) is 10.0. The van der Waals surface area contributed by atoms with Crippen molar-refractivity contribution in [2.24, 2.45) is 0 Å². The van der Waals surface area contributed by atoms with Crippen molar-refractivity contribution in [1.82, 2.24) is 0 Å². The van der Waals surface area contributed by atoms with Crippen LogP contribution in [0.1, 0.15) is 27.6 Å². The zero-order valence-electron chi connectivity index (χ0n) is 22.0. The molecule has 0 bridgehead atoms. The molecule has 2 aliphatic rings. The maximum Gasteiger partial charge on any atom is 0.338 e. The summed E-state index contributed by atoms with van der Waals surface area (Å²) in [6.45, 7) is -0.713. The number of phenolic OH excluding ortho intramolecular Hbond substituents is 6. The number of ether oxygens (including phenoxy) is 4. The summed E-state index contributed by atoms with van der Waals surface area (Å²) in [6, 6.07) is 7.83. The predicted molar refractivity (Wildman–Crippen MR) is 140 cm³/mol. The lowest BCUT2D eigenvalue weighted by molar-refractivity contribution is -0.277. The van der Waals surface area contributed by atoms with E-state index in [0.717, 1.165) is 18.2 Å². The van der Waals surface area contributed by atoms with Gasteiger partial charge in [0.25, 0.3) is 0 Å². The maximum absolute atomic E-state index is 13.0. The van der Waals surface area contributed by atoms with E-state index in [-0.39, 0.29) is 46.1 Å². The molecule has 0 saturated carbocycles. The minimum atomic E-state index is -1.78. The summed E-state index contributed by atoms with van der Waals surface area (Å²) in [7, 11) is 0. The number of hydrogen-bond acceptors (Lipinski definition) is 15. The van der Waals surface area contributed by atoms with Gasteiger partial charge in [-0.25, -0.2) is 4.79 Å². The molecule has 10 N–H and O–H groups in total. The van der Waals surface area contributed by atoms with Crippen molar-refractivity contribution in [3.63, 3.8) is 0 Å². The molecule has 43 heavy (non-hydrogen) atoms. The number of phenols is 6. The fraction of sp³-hybridized carbons (Fsp3) is 0.321. The SMILES string of the molecule is O=C(OC1Cc2c(O)cc(O)cc2OC1c1ccc(O)c(O[C@H]2O[C@H](CO)[C@@H](O)[C@H](O)[C@H]2O)c1)c1cc(O)c(O)c(O)c1. The molecule has 2 aliphatic heterocycles. The molecule has 2 unspecified atom stereocenters. The first-order chi connectivity index (χ1) is 20.4. The molecule has 2 heterocycles. The van der Waals surface area contributed by atoms with Crippen LogP contribution in [0.2, 0.25) is 0 Å². The zero-order valence-corrected chi connectivity index (χ0v) is 22.0. The van der Waals surface area contributed by atoms with Crippen molar-refractivity contribution in [1.29, 1.82) is 0 Å². The quantitative estimate of drug-likeness (QED) is 0.131. The normalized spacial score (nSPS) is 26.7. The number of rotatable bonds is 6. The number of aliphatic hydroxyl groups is 4. The summed E-state index contributed by atoms with van der Waals surface area (Å²) in [5, 5.41) is 100. The van der Waals surface area contributed by atoms with Gasteiger partial charge in [-0.15, -0.1) is 0 Å². The lowest BCUT2D eigenvalue weighted by atomic mass is 9.93.